The number of alkyl halides is 1. The summed E-state index contributed by atoms with van der Waals surface area (Å²) in [5, 5.41) is 22.0. The number of aliphatic hydroxyl groups is 2. The standard InChI is InChI=1S/C9H11FN6O4/c10-6-5(18)7(20-9(6,3-17)14-15-12)16-2-1-4(11)13-8(16)19/h1-2,5-7,17-18H,3H2,(H2,11,13,19)/t5-,6-,7-,9?/m1/s1. The van der Waals surface area contributed by atoms with E-state index in [2.05, 4.69) is 15.0 Å². The maximum atomic E-state index is 14.0. The Bertz CT molecular complexity index is 617. The second kappa shape index (κ2) is 5.06. The monoisotopic (exact) mass is 286 g/mol. The fourth-order valence-electron chi connectivity index (χ4n) is 1.91. The molecule has 1 saturated heterocycles. The smallest absolute Gasteiger partial charge is 0.351 e. The third kappa shape index (κ3) is 2.08. The van der Waals surface area contributed by atoms with Crippen LogP contribution in [0.4, 0.5) is 10.2 Å². The molecule has 20 heavy (non-hydrogen) atoms. The maximum Gasteiger partial charge on any atom is 0.351 e. The third-order valence-electron chi connectivity index (χ3n) is 2.91. The molecule has 0 aromatic carbocycles. The lowest BCUT2D eigenvalue weighted by Crippen LogP contribution is -2.41. The van der Waals surface area contributed by atoms with Gasteiger partial charge in [0.05, 0.1) is 6.61 Å². The molecule has 1 aliphatic heterocycles. The van der Waals surface area contributed by atoms with Gasteiger partial charge in [0, 0.05) is 11.1 Å². The number of nitrogens with zero attached hydrogens (tertiary/aromatic N) is 5. The number of hydrogen-bond acceptors (Lipinski definition) is 7. The lowest BCUT2D eigenvalue weighted by molar-refractivity contribution is -0.116. The first-order chi connectivity index (χ1) is 9.45. The SMILES string of the molecule is [N-]=[N+]=NC1(CO)O[C@@H](n2ccc(N)nc2=O)[C@H](O)[C@H]1F. The molecule has 10 nitrogen and oxygen atoms in total. The lowest BCUT2D eigenvalue weighted by atomic mass is 10.1. The first-order valence-electron chi connectivity index (χ1n) is 5.47. The zero-order valence-electron chi connectivity index (χ0n) is 10.00. The minimum atomic E-state index is -2.29. The van der Waals surface area contributed by atoms with Crippen molar-refractivity contribution in [2.24, 2.45) is 5.11 Å². The number of aliphatic hydroxyl groups excluding tert-OH is 2. The fraction of sp³-hybridized carbons (Fsp3) is 0.556. The molecule has 4 N–H and O–H groups in total. The number of nitrogen functional groups attached to an aromatic ring is 1. The van der Waals surface area contributed by atoms with Gasteiger partial charge in [-0.15, -0.1) is 0 Å². The fourth-order valence-corrected chi connectivity index (χ4v) is 1.91. The van der Waals surface area contributed by atoms with E-state index in [4.69, 9.17) is 21.1 Å². The predicted octanol–water partition coefficient (Wildman–Crippen LogP) is -0.948. The van der Waals surface area contributed by atoms with E-state index in [1.54, 1.807) is 0 Å². The number of anilines is 1. The second-order valence-electron chi connectivity index (χ2n) is 4.14. The number of rotatable bonds is 3. The molecule has 4 atom stereocenters. The predicted molar refractivity (Wildman–Crippen MR) is 62.9 cm³/mol. The van der Waals surface area contributed by atoms with Gasteiger partial charge in [0.1, 0.15) is 11.9 Å². The van der Waals surface area contributed by atoms with Crippen LogP contribution in [0.5, 0.6) is 0 Å². The van der Waals surface area contributed by atoms with Gasteiger partial charge in [-0.3, -0.25) is 4.57 Å². The molecule has 0 saturated carbocycles. The van der Waals surface area contributed by atoms with E-state index < -0.39 is 36.5 Å². The van der Waals surface area contributed by atoms with Crippen LogP contribution in [0.25, 0.3) is 10.4 Å². The molecule has 1 unspecified atom stereocenters. The van der Waals surface area contributed by atoms with Crippen LogP contribution in [0.1, 0.15) is 6.23 Å². The topological polar surface area (TPSA) is 159 Å². The highest BCUT2D eigenvalue weighted by molar-refractivity contribution is 5.23. The van der Waals surface area contributed by atoms with E-state index in [-0.39, 0.29) is 5.82 Å². The van der Waals surface area contributed by atoms with Crippen molar-refractivity contribution in [1.82, 2.24) is 9.55 Å². The van der Waals surface area contributed by atoms with Gasteiger partial charge >= 0.3 is 5.69 Å². The van der Waals surface area contributed by atoms with Crippen molar-refractivity contribution in [1.29, 1.82) is 0 Å². The summed E-state index contributed by atoms with van der Waals surface area (Å²) in [5.74, 6) is -0.0565. The minimum Gasteiger partial charge on any atom is -0.393 e. The Morgan fingerprint density at radius 2 is 2.45 bits per heavy atom. The number of azide groups is 1. The maximum absolute atomic E-state index is 14.0. The van der Waals surface area contributed by atoms with Crippen molar-refractivity contribution in [2.75, 3.05) is 12.3 Å². The van der Waals surface area contributed by atoms with E-state index in [1.165, 1.54) is 6.07 Å². The van der Waals surface area contributed by atoms with Crippen LogP contribution in [0.2, 0.25) is 0 Å². The minimum absolute atomic E-state index is 0.0565. The average Bonchev–Trinajstić information content (AvgIpc) is 2.65. The zero-order chi connectivity index (χ0) is 14.9. The summed E-state index contributed by atoms with van der Waals surface area (Å²) in [6.07, 6.45) is -4.38. The largest absolute Gasteiger partial charge is 0.393 e. The summed E-state index contributed by atoms with van der Waals surface area (Å²) >= 11 is 0. The molecule has 0 aliphatic carbocycles. The van der Waals surface area contributed by atoms with Crippen LogP contribution < -0.4 is 11.4 Å². The van der Waals surface area contributed by atoms with Crippen LogP contribution >= 0.6 is 0 Å². The Hall–Kier alpha value is -2.20. The van der Waals surface area contributed by atoms with Gasteiger partial charge in [-0.1, -0.05) is 5.11 Å². The van der Waals surface area contributed by atoms with E-state index in [0.29, 0.717) is 0 Å². The highest BCUT2D eigenvalue weighted by atomic mass is 19.1. The molecule has 108 valence electrons. The molecule has 0 radical (unpaired) electrons. The number of ether oxygens (including phenoxy) is 1. The Balaban J connectivity index is 2.45. The van der Waals surface area contributed by atoms with Crippen LogP contribution in [0, 0.1) is 0 Å². The van der Waals surface area contributed by atoms with Crippen molar-refractivity contribution >= 4 is 5.82 Å². The van der Waals surface area contributed by atoms with Crippen molar-refractivity contribution in [3.05, 3.63) is 33.2 Å². The molecule has 11 heteroatoms. The Morgan fingerprint density at radius 1 is 1.75 bits per heavy atom. The van der Waals surface area contributed by atoms with Gasteiger partial charge in [-0.2, -0.15) is 4.98 Å². The first-order valence-corrected chi connectivity index (χ1v) is 5.47. The first kappa shape index (κ1) is 14.2. The van der Waals surface area contributed by atoms with Crippen LogP contribution in [-0.4, -0.2) is 44.4 Å². The Morgan fingerprint density at radius 3 is 3.00 bits per heavy atom. The van der Waals surface area contributed by atoms with Crippen LogP contribution in [-0.2, 0) is 4.74 Å². The van der Waals surface area contributed by atoms with Crippen LogP contribution in [0.3, 0.4) is 0 Å². The van der Waals surface area contributed by atoms with Gasteiger partial charge in [0.2, 0.25) is 5.72 Å². The second-order valence-corrected chi connectivity index (χ2v) is 4.14. The van der Waals surface area contributed by atoms with Crippen LogP contribution in [0.15, 0.2) is 22.2 Å². The summed E-state index contributed by atoms with van der Waals surface area (Å²) in [5.41, 5.74) is 10.5. The summed E-state index contributed by atoms with van der Waals surface area (Å²) in [7, 11) is 0. The quantitative estimate of drug-likeness (QED) is 0.369. The highest BCUT2D eigenvalue weighted by Gasteiger charge is 2.56. The molecule has 2 rings (SSSR count). The van der Waals surface area contributed by atoms with E-state index in [1.807, 2.05) is 0 Å². The number of aromatic nitrogens is 2. The molecular formula is C9H11FN6O4. The molecule has 1 fully saturated rings. The molecule has 1 aromatic heterocycles. The van der Waals surface area contributed by atoms with Crippen molar-refractivity contribution in [3.8, 4) is 0 Å². The highest BCUT2D eigenvalue weighted by Crippen LogP contribution is 2.39. The van der Waals surface area contributed by atoms with E-state index in [9.17, 15) is 14.3 Å². The van der Waals surface area contributed by atoms with Crippen molar-refractivity contribution in [2.45, 2.75) is 24.2 Å². The normalized spacial score (nSPS) is 32.9. The summed E-state index contributed by atoms with van der Waals surface area (Å²) in [4.78, 5) is 17.4. The number of nitrogens with two attached hydrogens (primary N) is 1. The molecule has 0 bridgehead atoms. The lowest BCUT2D eigenvalue weighted by Gasteiger charge is -2.22. The average molecular weight is 286 g/mol. The molecule has 1 aliphatic rings. The van der Waals surface area contributed by atoms with Gasteiger partial charge < -0.3 is 20.7 Å². The Kier molecular flexibility index (Phi) is 3.59. The molecule has 0 spiro atoms. The van der Waals surface area contributed by atoms with Gasteiger partial charge in [0.15, 0.2) is 12.4 Å². The van der Waals surface area contributed by atoms with Gasteiger partial charge in [-0.05, 0) is 11.6 Å². The van der Waals surface area contributed by atoms with Gasteiger partial charge in [0.25, 0.3) is 0 Å². The molecule has 2 heterocycles. The third-order valence-corrected chi connectivity index (χ3v) is 2.91. The molecule has 0 amide bonds. The Labute approximate surface area is 110 Å². The zero-order valence-corrected chi connectivity index (χ0v) is 10.00. The van der Waals surface area contributed by atoms with E-state index in [0.717, 1.165) is 10.8 Å². The molecule has 1 aromatic rings. The van der Waals surface area contributed by atoms with E-state index >= 15 is 0 Å². The summed E-state index contributed by atoms with van der Waals surface area (Å²) in [6.45, 7) is -0.997. The van der Waals surface area contributed by atoms with Crippen molar-refractivity contribution in [3.63, 3.8) is 0 Å². The molecular weight excluding hydrogens is 275 g/mol. The van der Waals surface area contributed by atoms with Crippen molar-refractivity contribution < 1.29 is 19.3 Å². The summed E-state index contributed by atoms with van der Waals surface area (Å²) < 4.78 is 19.9. The number of halogens is 1. The van der Waals surface area contributed by atoms with Gasteiger partial charge in [-0.25, -0.2) is 9.18 Å². The summed E-state index contributed by atoms with van der Waals surface area (Å²) in [6, 6.07) is 1.25. The number of hydrogen-bond donors (Lipinski definition) is 3.